The third-order valence-corrected chi connectivity index (χ3v) is 3.44. The minimum absolute atomic E-state index is 0.228. The van der Waals surface area contributed by atoms with Crippen LogP contribution in [0, 0.1) is 5.92 Å². The van der Waals surface area contributed by atoms with Crippen LogP contribution in [0.2, 0.25) is 0 Å². The lowest BCUT2D eigenvalue weighted by atomic mass is 10.1. The van der Waals surface area contributed by atoms with Gasteiger partial charge in [-0.3, -0.25) is 4.79 Å². The highest BCUT2D eigenvalue weighted by Gasteiger charge is 2.27. The molecular formula is C13H25N3O3. The Hall–Kier alpha value is -1.14. The first-order valence-electron chi connectivity index (χ1n) is 6.89. The largest absolute Gasteiger partial charge is 0.464 e. The molecule has 2 atom stereocenters. The zero-order valence-electron chi connectivity index (χ0n) is 12.0. The molecule has 1 heterocycles. The van der Waals surface area contributed by atoms with Gasteiger partial charge in [0.2, 0.25) is 5.91 Å². The summed E-state index contributed by atoms with van der Waals surface area (Å²) in [5, 5.41) is 2.73. The average Bonchev–Trinajstić information content (AvgIpc) is 2.84. The minimum Gasteiger partial charge on any atom is -0.464 e. The Morgan fingerprint density at radius 2 is 2.16 bits per heavy atom. The van der Waals surface area contributed by atoms with Gasteiger partial charge in [-0.25, -0.2) is 4.79 Å². The Bertz CT molecular complexity index is 320. The molecule has 1 amide bonds. The molecule has 1 rings (SSSR count). The number of amides is 1. The molecule has 0 aromatic heterocycles. The van der Waals surface area contributed by atoms with E-state index in [2.05, 4.69) is 24.1 Å². The third kappa shape index (κ3) is 4.80. The summed E-state index contributed by atoms with van der Waals surface area (Å²) in [5.74, 6) is -0.697. The number of nitrogens with one attached hydrogen (secondary N) is 1. The van der Waals surface area contributed by atoms with Gasteiger partial charge in [0, 0.05) is 19.1 Å². The highest BCUT2D eigenvalue weighted by atomic mass is 16.5. The van der Waals surface area contributed by atoms with Gasteiger partial charge in [0.05, 0.1) is 6.61 Å². The molecular weight excluding hydrogens is 246 g/mol. The van der Waals surface area contributed by atoms with E-state index in [1.54, 1.807) is 6.92 Å². The molecule has 3 N–H and O–H groups in total. The van der Waals surface area contributed by atoms with Crippen LogP contribution in [0.15, 0.2) is 0 Å². The van der Waals surface area contributed by atoms with Crippen LogP contribution >= 0.6 is 0 Å². The summed E-state index contributed by atoms with van der Waals surface area (Å²) >= 11 is 0. The fourth-order valence-electron chi connectivity index (χ4n) is 2.19. The highest BCUT2D eigenvalue weighted by Crippen LogP contribution is 2.17. The average molecular weight is 271 g/mol. The van der Waals surface area contributed by atoms with Crippen molar-refractivity contribution in [2.75, 3.05) is 26.2 Å². The van der Waals surface area contributed by atoms with E-state index < -0.39 is 17.9 Å². The Morgan fingerprint density at radius 1 is 1.47 bits per heavy atom. The third-order valence-electron chi connectivity index (χ3n) is 3.44. The maximum atomic E-state index is 11.7. The molecule has 1 saturated heterocycles. The van der Waals surface area contributed by atoms with Gasteiger partial charge < -0.3 is 20.7 Å². The van der Waals surface area contributed by atoms with Crippen molar-refractivity contribution in [3.8, 4) is 0 Å². The van der Waals surface area contributed by atoms with Crippen LogP contribution in [0.25, 0.3) is 0 Å². The lowest BCUT2D eigenvalue weighted by Crippen LogP contribution is -2.48. The van der Waals surface area contributed by atoms with E-state index in [-0.39, 0.29) is 6.61 Å². The van der Waals surface area contributed by atoms with Crippen LogP contribution in [0.3, 0.4) is 0 Å². The Balaban J connectivity index is 2.29. The standard InChI is InChI=1S/C13H25N3O3/c1-4-19-13(18)11(14)12(17)15-7-10-5-6-16(8-10)9(2)3/h9-11H,4-8,14H2,1-3H3,(H,15,17). The fourth-order valence-corrected chi connectivity index (χ4v) is 2.19. The number of carbonyl (C=O) groups is 2. The van der Waals surface area contributed by atoms with Crippen molar-refractivity contribution < 1.29 is 14.3 Å². The number of nitrogens with two attached hydrogens (primary N) is 1. The number of esters is 1. The molecule has 0 bridgehead atoms. The molecule has 19 heavy (non-hydrogen) atoms. The van der Waals surface area contributed by atoms with Crippen molar-refractivity contribution >= 4 is 11.9 Å². The summed E-state index contributed by atoms with van der Waals surface area (Å²) in [6.45, 7) is 8.84. The van der Waals surface area contributed by atoms with Gasteiger partial charge in [0.1, 0.15) is 0 Å². The first-order chi connectivity index (χ1) is 8.95. The molecule has 1 aliphatic rings. The van der Waals surface area contributed by atoms with Gasteiger partial charge in [-0.15, -0.1) is 0 Å². The van der Waals surface area contributed by atoms with Gasteiger partial charge in [0.25, 0.3) is 0 Å². The molecule has 0 saturated carbocycles. The van der Waals surface area contributed by atoms with E-state index in [0.29, 0.717) is 18.5 Å². The molecule has 110 valence electrons. The van der Waals surface area contributed by atoms with Crippen LogP contribution in [0.4, 0.5) is 0 Å². The van der Waals surface area contributed by atoms with Crippen molar-refractivity contribution in [3.63, 3.8) is 0 Å². The number of hydrogen-bond donors (Lipinski definition) is 2. The monoisotopic (exact) mass is 271 g/mol. The number of nitrogens with zero attached hydrogens (tertiary/aromatic N) is 1. The molecule has 0 aromatic rings. The summed E-state index contributed by atoms with van der Waals surface area (Å²) < 4.78 is 4.71. The Labute approximate surface area is 114 Å². The molecule has 6 nitrogen and oxygen atoms in total. The van der Waals surface area contributed by atoms with Gasteiger partial charge in [-0.2, -0.15) is 0 Å². The summed E-state index contributed by atoms with van der Waals surface area (Å²) in [6.07, 6.45) is 1.06. The molecule has 2 unspecified atom stereocenters. The van der Waals surface area contributed by atoms with Crippen molar-refractivity contribution in [1.82, 2.24) is 10.2 Å². The topological polar surface area (TPSA) is 84.7 Å². The lowest BCUT2D eigenvalue weighted by Gasteiger charge is -2.20. The smallest absolute Gasteiger partial charge is 0.332 e. The number of rotatable bonds is 6. The summed E-state index contributed by atoms with van der Waals surface area (Å²) in [4.78, 5) is 25.4. The molecule has 0 spiro atoms. The van der Waals surface area contributed by atoms with Crippen molar-refractivity contribution in [2.24, 2.45) is 11.7 Å². The first kappa shape index (κ1) is 15.9. The van der Waals surface area contributed by atoms with Crippen LogP contribution in [-0.4, -0.2) is 55.1 Å². The summed E-state index contributed by atoms with van der Waals surface area (Å²) in [6, 6.07) is -0.690. The van der Waals surface area contributed by atoms with Gasteiger partial charge in [0.15, 0.2) is 6.04 Å². The first-order valence-corrected chi connectivity index (χ1v) is 6.89. The van der Waals surface area contributed by atoms with Crippen LogP contribution in [0.1, 0.15) is 27.2 Å². The Kier molecular flexibility index (Phi) is 6.24. The lowest BCUT2D eigenvalue weighted by molar-refractivity contribution is -0.148. The van der Waals surface area contributed by atoms with Crippen molar-refractivity contribution in [2.45, 2.75) is 39.3 Å². The minimum atomic E-state index is -1.22. The number of hydrogen-bond acceptors (Lipinski definition) is 5. The predicted molar refractivity (Wildman–Crippen MR) is 72.4 cm³/mol. The van der Waals surface area contributed by atoms with Crippen LogP contribution in [0.5, 0.6) is 0 Å². The molecule has 6 heteroatoms. The SMILES string of the molecule is CCOC(=O)C(N)C(=O)NCC1CCN(C(C)C)C1. The van der Waals surface area contributed by atoms with E-state index in [1.165, 1.54) is 0 Å². The number of carbonyl (C=O) groups excluding carboxylic acids is 2. The van der Waals surface area contributed by atoms with E-state index in [9.17, 15) is 9.59 Å². The number of ether oxygens (including phenoxy) is 1. The molecule has 1 fully saturated rings. The van der Waals surface area contributed by atoms with Crippen molar-refractivity contribution in [1.29, 1.82) is 0 Å². The van der Waals surface area contributed by atoms with E-state index in [0.717, 1.165) is 19.5 Å². The highest BCUT2D eigenvalue weighted by molar-refractivity contribution is 6.01. The summed E-state index contributed by atoms with van der Waals surface area (Å²) in [7, 11) is 0. The van der Waals surface area contributed by atoms with Crippen LogP contribution < -0.4 is 11.1 Å². The molecule has 0 aliphatic carbocycles. The zero-order valence-corrected chi connectivity index (χ0v) is 12.0. The van der Waals surface area contributed by atoms with Crippen LogP contribution in [-0.2, 0) is 14.3 Å². The maximum absolute atomic E-state index is 11.7. The molecule has 1 aliphatic heterocycles. The molecule has 0 aromatic carbocycles. The second kappa shape index (κ2) is 7.45. The van der Waals surface area contributed by atoms with Gasteiger partial charge >= 0.3 is 5.97 Å². The van der Waals surface area contributed by atoms with E-state index in [1.807, 2.05) is 0 Å². The maximum Gasteiger partial charge on any atom is 0.332 e. The van der Waals surface area contributed by atoms with Crippen molar-refractivity contribution in [3.05, 3.63) is 0 Å². The summed E-state index contributed by atoms with van der Waals surface area (Å²) in [5.41, 5.74) is 5.51. The quantitative estimate of drug-likeness (QED) is 0.513. The predicted octanol–water partition coefficient (Wildman–Crippen LogP) is -0.277. The normalized spacial score (nSPS) is 21.4. The fraction of sp³-hybridized carbons (Fsp3) is 0.846. The van der Waals surface area contributed by atoms with Gasteiger partial charge in [-0.1, -0.05) is 0 Å². The molecule has 0 radical (unpaired) electrons. The van der Waals surface area contributed by atoms with E-state index in [4.69, 9.17) is 10.5 Å². The van der Waals surface area contributed by atoms with Gasteiger partial charge in [-0.05, 0) is 39.7 Å². The number of likely N-dealkylation sites (tertiary alicyclic amines) is 1. The second-order valence-electron chi connectivity index (χ2n) is 5.22. The van der Waals surface area contributed by atoms with E-state index >= 15 is 0 Å². The zero-order chi connectivity index (χ0) is 14.4. The Morgan fingerprint density at radius 3 is 2.68 bits per heavy atom. The second-order valence-corrected chi connectivity index (χ2v) is 5.22.